The van der Waals surface area contributed by atoms with Crippen molar-refractivity contribution in [3.8, 4) is 0 Å². The van der Waals surface area contributed by atoms with E-state index in [9.17, 15) is 9.59 Å². The number of carbonyl (C=O) groups is 2. The summed E-state index contributed by atoms with van der Waals surface area (Å²) in [5, 5.41) is 11.0. The van der Waals surface area contributed by atoms with E-state index >= 15 is 0 Å². The summed E-state index contributed by atoms with van der Waals surface area (Å²) in [5.41, 5.74) is 9.62. The minimum Gasteiger partial charge on any atom is -0.448 e. The zero-order chi connectivity index (χ0) is 26.0. The minimum absolute atomic E-state index is 0.175. The van der Waals surface area contributed by atoms with Crippen LogP contribution in [0.3, 0.4) is 0 Å². The number of amides is 2. The third-order valence-electron chi connectivity index (χ3n) is 6.60. The van der Waals surface area contributed by atoms with Crippen LogP contribution in [0.25, 0.3) is 10.8 Å². The standard InChI is InChI=1S/C29H29N5O3/c1-29(2)17-37-28(36)34-22-5-3-4-18(14-22)16-32-27(35)25(19-6-8-21(29)9-7-19)33-23-10-11-24-20(15-23)12-13-31-26(24)30/h3-15,25,33H,16-17H2,1-2H3,(H2,30,31)(H,32,35)(H,34,36). The first-order chi connectivity index (χ1) is 17.8. The lowest BCUT2D eigenvalue weighted by Crippen LogP contribution is -2.33. The summed E-state index contributed by atoms with van der Waals surface area (Å²) in [4.78, 5) is 30.0. The fourth-order valence-electron chi connectivity index (χ4n) is 4.42. The van der Waals surface area contributed by atoms with E-state index in [0.717, 1.165) is 33.2 Å². The molecule has 5 N–H and O–H groups in total. The highest BCUT2D eigenvalue weighted by molar-refractivity contribution is 5.94. The largest absolute Gasteiger partial charge is 0.448 e. The highest BCUT2D eigenvalue weighted by atomic mass is 16.5. The first-order valence-corrected chi connectivity index (χ1v) is 12.1. The second-order valence-electron chi connectivity index (χ2n) is 9.83. The Hall–Kier alpha value is -4.59. The maximum atomic E-state index is 13.5. The smallest absolute Gasteiger partial charge is 0.411 e. The number of rotatable bonds is 2. The van der Waals surface area contributed by atoms with Crippen LogP contribution >= 0.6 is 0 Å². The average molecular weight is 496 g/mol. The molecule has 1 unspecified atom stereocenters. The van der Waals surface area contributed by atoms with Gasteiger partial charge in [-0.2, -0.15) is 0 Å². The molecular weight excluding hydrogens is 466 g/mol. The number of nitrogen functional groups attached to an aromatic ring is 1. The summed E-state index contributed by atoms with van der Waals surface area (Å²) >= 11 is 0. The van der Waals surface area contributed by atoms with Crippen LogP contribution in [0.5, 0.6) is 0 Å². The molecule has 8 heteroatoms. The molecule has 2 amide bonds. The Morgan fingerprint density at radius 2 is 1.84 bits per heavy atom. The number of hydrogen-bond acceptors (Lipinski definition) is 6. The Bertz CT molecular complexity index is 1470. The van der Waals surface area contributed by atoms with Crippen LogP contribution in [0.2, 0.25) is 0 Å². The van der Waals surface area contributed by atoms with Gasteiger partial charge >= 0.3 is 6.09 Å². The van der Waals surface area contributed by atoms with Gasteiger partial charge in [-0.15, -0.1) is 0 Å². The quantitative estimate of drug-likeness (QED) is 0.306. The molecule has 188 valence electrons. The van der Waals surface area contributed by atoms with Crippen LogP contribution in [-0.4, -0.2) is 23.6 Å². The predicted molar refractivity (Wildman–Crippen MR) is 145 cm³/mol. The molecule has 4 bridgehead atoms. The molecule has 3 heterocycles. The maximum Gasteiger partial charge on any atom is 0.411 e. The van der Waals surface area contributed by atoms with Gasteiger partial charge in [0.2, 0.25) is 5.91 Å². The minimum atomic E-state index is -0.638. The number of anilines is 3. The number of hydrogen-bond donors (Lipinski definition) is 4. The van der Waals surface area contributed by atoms with Gasteiger partial charge in [0.25, 0.3) is 0 Å². The first-order valence-electron chi connectivity index (χ1n) is 12.1. The molecule has 0 saturated carbocycles. The van der Waals surface area contributed by atoms with E-state index in [-0.39, 0.29) is 12.5 Å². The van der Waals surface area contributed by atoms with E-state index in [4.69, 9.17) is 10.5 Å². The lowest BCUT2D eigenvalue weighted by atomic mass is 9.84. The van der Waals surface area contributed by atoms with E-state index in [2.05, 4.69) is 20.9 Å². The van der Waals surface area contributed by atoms with E-state index in [0.29, 0.717) is 18.1 Å². The summed E-state index contributed by atoms with van der Waals surface area (Å²) in [6, 6.07) is 22.1. The van der Waals surface area contributed by atoms with Crippen molar-refractivity contribution in [3.63, 3.8) is 0 Å². The zero-order valence-corrected chi connectivity index (χ0v) is 20.7. The number of nitrogens with zero attached hydrogens (tertiary/aromatic N) is 1. The number of benzene rings is 3. The van der Waals surface area contributed by atoms with Gasteiger partial charge in [0.05, 0.1) is 0 Å². The van der Waals surface area contributed by atoms with E-state index in [1.54, 1.807) is 12.3 Å². The van der Waals surface area contributed by atoms with Gasteiger partial charge in [0.15, 0.2) is 0 Å². The van der Waals surface area contributed by atoms with Crippen LogP contribution in [-0.2, 0) is 21.5 Å². The fraction of sp³-hybridized carbons (Fsp3) is 0.207. The molecule has 6 rings (SSSR count). The van der Waals surface area contributed by atoms with E-state index < -0.39 is 17.6 Å². The van der Waals surface area contributed by atoms with Crippen molar-refractivity contribution < 1.29 is 14.3 Å². The molecule has 0 aliphatic carbocycles. The SMILES string of the molecule is CC1(C)COC(=O)Nc2cccc(c2)CNC(=O)C(Nc2ccc3c(N)nccc3c2)c2ccc1cc2. The molecule has 0 spiro atoms. The van der Waals surface area contributed by atoms with Crippen LogP contribution < -0.4 is 21.7 Å². The van der Waals surface area contributed by atoms with Crippen LogP contribution in [0.4, 0.5) is 22.0 Å². The van der Waals surface area contributed by atoms with E-state index in [1.807, 2.05) is 80.6 Å². The van der Waals surface area contributed by atoms with Crippen molar-refractivity contribution >= 4 is 40.0 Å². The van der Waals surface area contributed by atoms with Gasteiger partial charge in [-0.25, -0.2) is 9.78 Å². The Kier molecular flexibility index (Phi) is 6.40. The Balaban J connectivity index is 1.50. The van der Waals surface area contributed by atoms with Crippen molar-refractivity contribution in [2.24, 2.45) is 0 Å². The lowest BCUT2D eigenvalue weighted by Gasteiger charge is -2.26. The molecule has 8 nitrogen and oxygen atoms in total. The maximum absolute atomic E-state index is 13.5. The molecule has 4 aromatic rings. The van der Waals surface area contributed by atoms with Gasteiger partial charge in [-0.1, -0.05) is 50.2 Å². The van der Waals surface area contributed by atoms with Crippen molar-refractivity contribution in [1.82, 2.24) is 10.3 Å². The summed E-state index contributed by atoms with van der Waals surface area (Å²) < 4.78 is 5.52. The van der Waals surface area contributed by atoms with Crippen molar-refractivity contribution in [3.05, 3.63) is 95.7 Å². The summed E-state index contributed by atoms with van der Waals surface area (Å²) in [6.07, 6.45) is 1.15. The molecule has 2 aliphatic heterocycles. The number of fused-ring (bicyclic) bond motifs is 10. The van der Waals surface area contributed by atoms with Crippen LogP contribution in [0.1, 0.15) is 36.6 Å². The van der Waals surface area contributed by atoms with Crippen LogP contribution in [0, 0.1) is 0 Å². The molecule has 0 radical (unpaired) electrons. The zero-order valence-electron chi connectivity index (χ0n) is 20.7. The number of ether oxygens (including phenoxy) is 1. The van der Waals surface area contributed by atoms with Gasteiger partial charge in [0.1, 0.15) is 18.5 Å². The molecular formula is C29H29N5O3. The fourth-order valence-corrected chi connectivity index (χ4v) is 4.42. The van der Waals surface area contributed by atoms with Gasteiger partial charge in [-0.3, -0.25) is 10.1 Å². The molecule has 1 atom stereocenters. The lowest BCUT2D eigenvalue weighted by molar-refractivity contribution is -0.122. The summed E-state index contributed by atoms with van der Waals surface area (Å²) in [5.74, 6) is 0.290. The first kappa shape index (κ1) is 24.1. The van der Waals surface area contributed by atoms with Gasteiger partial charge < -0.3 is 21.1 Å². The number of nitrogens with one attached hydrogen (secondary N) is 3. The number of pyridine rings is 1. The highest BCUT2D eigenvalue weighted by Crippen LogP contribution is 2.29. The van der Waals surface area contributed by atoms with Crippen molar-refractivity contribution in [2.45, 2.75) is 31.8 Å². The molecule has 2 aliphatic rings. The molecule has 3 aromatic carbocycles. The number of aromatic nitrogens is 1. The van der Waals surface area contributed by atoms with Gasteiger partial charge in [0, 0.05) is 34.9 Å². The highest BCUT2D eigenvalue weighted by Gasteiger charge is 2.26. The van der Waals surface area contributed by atoms with Crippen LogP contribution in [0.15, 0.2) is 79.0 Å². The predicted octanol–water partition coefficient (Wildman–Crippen LogP) is 5.13. The van der Waals surface area contributed by atoms with E-state index in [1.165, 1.54) is 0 Å². The number of carbonyl (C=O) groups excluding carboxylic acids is 2. The Morgan fingerprint density at radius 1 is 1.03 bits per heavy atom. The Morgan fingerprint density at radius 3 is 2.65 bits per heavy atom. The van der Waals surface area contributed by atoms with Crippen molar-refractivity contribution in [2.75, 3.05) is 23.0 Å². The normalized spacial score (nSPS) is 17.5. The molecule has 0 saturated heterocycles. The third kappa shape index (κ3) is 5.33. The molecule has 1 aromatic heterocycles. The third-order valence-corrected chi connectivity index (χ3v) is 6.60. The van der Waals surface area contributed by atoms with Crippen molar-refractivity contribution in [1.29, 1.82) is 0 Å². The number of nitrogens with two attached hydrogens (primary N) is 1. The monoisotopic (exact) mass is 495 g/mol. The Labute approximate surface area is 215 Å². The summed E-state index contributed by atoms with van der Waals surface area (Å²) in [7, 11) is 0. The second-order valence-corrected chi connectivity index (χ2v) is 9.83. The topological polar surface area (TPSA) is 118 Å². The molecule has 37 heavy (non-hydrogen) atoms. The second kappa shape index (κ2) is 9.81. The summed E-state index contributed by atoms with van der Waals surface area (Å²) in [6.45, 7) is 4.52. The van der Waals surface area contributed by atoms with Gasteiger partial charge in [-0.05, 0) is 58.5 Å². The average Bonchev–Trinajstić information content (AvgIpc) is 2.89. The molecule has 0 fully saturated rings.